The fourth-order valence-electron chi connectivity index (χ4n) is 2.77. The van der Waals surface area contributed by atoms with E-state index in [4.69, 9.17) is 9.84 Å². The fourth-order valence-corrected chi connectivity index (χ4v) is 2.77. The topological polar surface area (TPSA) is 109 Å². The molecule has 0 radical (unpaired) electrons. The van der Waals surface area contributed by atoms with Gasteiger partial charge in [0, 0.05) is 25.4 Å². The third-order valence-electron chi connectivity index (χ3n) is 4.01. The van der Waals surface area contributed by atoms with Gasteiger partial charge in [-0.2, -0.15) is 0 Å². The Morgan fingerprint density at radius 3 is 2.50 bits per heavy atom. The van der Waals surface area contributed by atoms with Crippen molar-refractivity contribution < 1.29 is 24.2 Å². The third kappa shape index (κ3) is 6.02. The van der Waals surface area contributed by atoms with Crippen molar-refractivity contribution in [3.05, 3.63) is 23.9 Å². The molecule has 0 atom stereocenters. The zero-order valence-corrected chi connectivity index (χ0v) is 15.3. The maximum absolute atomic E-state index is 12.4. The number of aromatic nitrogens is 1. The smallest absolute Gasteiger partial charge is 0.413 e. The van der Waals surface area contributed by atoms with Crippen LogP contribution in [-0.4, -0.2) is 51.7 Å². The summed E-state index contributed by atoms with van der Waals surface area (Å²) in [5.41, 5.74) is -0.0492. The summed E-state index contributed by atoms with van der Waals surface area (Å²) < 4.78 is 5.18. The predicted octanol–water partition coefficient (Wildman–Crippen LogP) is 2.93. The van der Waals surface area contributed by atoms with E-state index in [1.165, 1.54) is 4.90 Å². The second-order valence-electron chi connectivity index (χ2n) is 7.33. The van der Waals surface area contributed by atoms with E-state index in [1.807, 2.05) is 0 Å². The van der Waals surface area contributed by atoms with E-state index in [-0.39, 0.29) is 18.1 Å². The highest BCUT2D eigenvalue weighted by atomic mass is 16.6. The number of likely N-dealkylation sites (tertiary alicyclic amines) is 1. The SMILES string of the molecule is CC(C)(C)OC(=O)Nc1cccc(CC(=O)C2CCN(C(=O)O)CC2)n1. The van der Waals surface area contributed by atoms with Crippen molar-refractivity contribution in [1.29, 1.82) is 0 Å². The highest BCUT2D eigenvalue weighted by Crippen LogP contribution is 2.20. The summed E-state index contributed by atoms with van der Waals surface area (Å²) >= 11 is 0. The average Bonchev–Trinajstić information content (AvgIpc) is 2.53. The van der Waals surface area contributed by atoms with Crippen LogP contribution in [0.1, 0.15) is 39.3 Å². The molecule has 0 aromatic carbocycles. The monoisotopic (exact) mass is 363 g/mol. The first kappa shape index (κ1) is 19.7. The Balaban J connectivity index is 1.91. The molecule has 2 rings (SSSR count). The molecule has 1 aromatic heterocycles. The van der Waals surface area contributed by atoms with E-state index >= 15 is 0 Å². The molecular weight excluding hydrogens is 338 g/mol. The Labute approximate surface area is 152 Å². The summed E-state index contributed by atoms with van der Waals surface area (Å²) in [5.74, 6) is 0.206. The summed E-state index contributed by atoms with van der Waals surface area (Å²) in [4.78, 5) is 40.8. The van der Waals surface area contributed by atoms with Gasteiger partial charge in [-0.3, -0.25) is 10.1 Å². The number of piperidine rings is 1. The number of nitrogens with one attached hydrogen (secondary N) is 1. The predicted molar refractivity (Wildman–Crippen MR) is 95.1 cm³/mol. The van der Waals surface area contributed by atoms with Crippen LogP contribution in [-0.2, 0) is 16.0 Å². The van der Waals surface area contributed by atoms with Crippen molar-refractivity contribution in [2.45, 2.75) is 45.6 Å². The van der Waals surface area contributed by atoms with Crippen LogP contribution in [0, 0.1) is 5.92 Å². The van der Waals surface area contributed by atoms with E-state index in [2.05, 4.69) is 10.3 Å². The lowest BCUT2D eigenvalue weighted by Crippen LogP contribution is -2.39. The zero-order valence-electron chi connectivity index (χ0n) is 15.3. The minimum atomic E-state index is -0.946. The summed E-state index contributed by atoms with van der Waals surface area (Å²) in [6, 6.07) is 5.07. The van der Waals surface area contributed by atoms with Crippen LogP contribution in [0.15, 0.2) is 18.2 Å². The van der Waals surface area contributed by atoms with Gasteiger partial charge < -0.3 is 14.7 Å². The number of Topliss-reactive ketones (excluding diaryl/α,β-unsaturated/α-hetero) is 1. The summed E-state index contributed by atoms with van der Waals surface area (Å²) in [6.45, 7) is 6.05. The second kappa shape index (κ2) is 8.16. The lowest BCUT2D eigenvalue weighted by molar-refractivity contribution is -0.123. The van der Waals surface area contributed by atoms with Gasteiger partial charge in [0.15, 0.2) is 0 Å². The molecule has 1 aliphatic rings. The van der Waals surface area contributed by atoms with Crippen molar-refractivity contribution >= 4 is 23.8 Å². The van der Waals surface area contributed by atoms with Crippen LogP contribution in [0.5, 0.6) is 0 Å². The number of ketones is 1. The first-order valence-electron chi connectivity index (χ1n) is 8.60. The molecule has 0 spiro atoms. The van der Waals surface area contributed by atoms with Crippen molar-refractivity contribution in [2.75, 3.05) is 18.4 Å². The highest BCUT2D eigenvalue weighted by molar-refractivity contribution is 5.85. The van der Waals surface area contributed by atoms with Gasteiger partial charge >= 0.3 is 12.2 Å². The largest absolute Gasteiger partial charge is 0.465 e. The van der Waals surface area contributed by atoms with E-state index in [0.29, 0.717) is 37.4 Å². The van der Waals surface area contributed by atoms with Crippen molar-refractivity contribution in [3.63, 3.8) is 0 Å². The van der Waals surface area contributed by atoms with Gasteiger partial charge in [-0.05, 0) is 45.7 Å². The second-order valence-corrected chi connectivity index (χ2v) is 7.33. The number of amides is 2. The first-order chi connectivity index (χ1) is 12.1. The van der Waals surface area contributed by atoms with Crippen LogP contribution >= 0.6 is 0 Å². The molecule has 1 aromatic rings. The Hall–Kier alpha value is -2.64. The highest BCUT2D eigenvalue weighted by Gasteiger charge is 2.27. The van der Waals surface area contributed by atoms with Gasteiger partial charge in [-0.15, -0.1) is 0 Å². The Morgan fingerprint density at radius 2 is 1.92 bits per heavy atom. The van der Waals surface area contributed by atoms with Crippen LogP contribution in [0.3, 0.4) is 0 Å². The molecule has 26 heavy (non-hydrogen) atoms. The standard InChI is InChI=1S/C18H25N3O5/c1-18(2,3)26-16(23)20-15-6-4-5-13(19-15)11-14(22)12-7-9-21(10-8-12)17(24)25/h4-6,12H,7-11H2,1-3H3,(H,24,25)(H,19,20,23). The molecule has 8 nitrogen and oxygen atoms in total. The number of anilines is 1. The molecule has 142 valence electrons. The summed E-state index contributed by atoms with van der Waals surface area (Å²) in [6.07, 6.45) is -0.336. The van der Waals surface area contributed by atoms with Crippen molar-refractivity contribution in [3.8, 4) is 0 Å². The van der Waals surface area contributed by atoms with Gasteiger partial charge in [0.2, 0.25) is 0 Å². The molecule has 1 fully saturated rings. The number of hydrogen-bond donors (Lipinski definition) is 2. The molecule has 2 amide bonds. The summed E-state index contributed by atoms with van der Waals surface area (Å²) in [5, 5.41) is 11.5. The quantitative estimate of drug-likeness (QED) is 0.851. The zero-order chi connectivity index (χ0) is 19.3. The van der Waals surface area contributed by atoms with Crippen LogP contribution < -0.4 is 5.32 Å². The molecular formula is C18H25N3O5. The Bertz CT molecular complexity index is 676. The molecule has 0 unspecified atom stereocenters. The van der Waals surface area contributed by atoms with Crippen molar-refractivity contribution in [1.82, 2.24) is 9.88 Å². The van der Waals surface area contributed by atoms with Crippen LogP contribution in [0.4, 0.5) is 15.4 Å². The van der Waals surface area contributed by atoms with E-state index in [1.54, 1.807) is 39.0 Å². The van der Waals surface area contributed by atoms with E-state index in [9.17, 15) is 14.4 Å². The lowest BCUT2D eigenvalue weighted by Gasteiger charge is -2.29. The molecule has 2 heterocycles. The van der Waals surface area contributed by atoms with E-state index < -0.39 is 17.8 Å². The number of hydrogen-bond acceptors (Lipinski definition) is 5. The molecule has 0 saturated carbocycles. The minimum absolute atomic E-state index is 0.0388. The minimum Gasteiger partial charge on any atom is -0.465 e. The third-order valence-corrected chi connectivity index (χ3v) is 4.01. The molecule has 0 bridgehead atoms. The maximum atomic E-state index is 12.4. The Morgan fingerprint density at radius 1 is 1.27 bits per heavy atom. The number of carboxylic acid groups (broad SMARTS) is 1. The van der Waals surface area contributed by atoms with Gasteiger partial charge in [-0.25, -0.2) is 14.6 Å². The Kier molecular flexibility index (Phi) is 6.18. The number of ether oxygens (including phenoxy) is 1. The van der Waals surface area contributed by atoms with E-state index in [0.717, 1.165) is 0 Å². The molecule has 1 saturated heterocycles. The molecule has 8 heteroatoms. The maximum Gasteiger partial charge on any atom is 0.413 e. The van der Waals surface area contributed by atoms with Crippen LogP contribution in [0.25, 0.3) is 0 Å². The van der Waals surface area contributed by atoms with Crippen LogP contribution in [0.2, 0.25) is 0 Å². The van der Waals surface area contributed by atoms with Gasteiger partial charge in [0.1, 0.15) is 17.2 Å². The molecule has 2 N–H and O–H groups in total. The number of pyridine rings is 1. The molecule has 1 aliphatic heterocycles. The van der Waals surface area contributed by atoms with Crippen molar-refractivity contribution in [2.24, 2.45) is 5.92 Å². The number of nitrogens with zero attached hydrogens (tertiary/aromatic N) is 2. The molecule has 0 aliphatic carbocycles. The average molecular weight is 363 g/mol. The normalized spacial score (nSPS) is 15.4. The first-order valence-corrected chi connectivity index (χ1v) is 8.60. The number of carbonyl (C=O) groups excluding carboxylic acids is 2. The number of rotatable bonds is 4. The lowest BCUT2D eigenvalue weighted by atomic mass is 9.90. The van der Waals surface area contributed by atoms with Gasteiger partial charge in [-0.1, -0.05) is 6.07 Å². The van der Waals surface area contributed by atoms with Gasteiger partial charge in [0.05, 0.1) is 5.69 Å². The number of carbonyl (C=O) groups is 3. The van der Waals surface area contributed by atoms with Gasteiger partial charge in [0.25, 0.3) is 0 Å². The fraction of sp³-hybridized carbons (Fsp3) is 0.556. The summed E-state index contributed by atoms with van der Waals surface area (Å²) in [7, 11) is 0.